The third-order valence-corrected chi connectivity index (χ3v) is 3.92. The predicted octanol–water partition coefficient (Wildman–Crippen LogP) is -1.69. The molecule has 1 aliphatic heterocycles. The van der Waals surface area contributed by atoms with E-state index < -0.39 is 43.3 Å². The van der Waals surface area contributed by atoms with Gasteiger partial charge < -0.3 is 35.0 Å². The number of aliphatic hydroxyl groups excluding tert-OH is 4. The van der Waals surface area contributed by atoms with E-state index in [9.17, 15) is 24.9 Å². The van der Waals surface area contributed by atoms with Crippen LogP contribution in [0, 0.1) is 5.92 Å². The van der Waals surface area contributed by atoms with Gasteiger partial charge in [-0.1, -0.05) is 6.08 Å². The molecule has 134 valence electrons. The third-order valence-electron chi connectivity index (χ3n) is 3.92. The Balaban J connectivity index is 2.12. The van der Waals surface area contributed by atoms with E-state index in [0.29, 0.717) is 6.42 Å². The standard InChI is InChI=1S/C15H20O9/c16-6-10-12(20)13(21)14(22)15(24-10)23-9-5-7(1-3-8(9)17)2-4-11(18)19/h2,4-5,7,10,12-16,20-22H,1,3,6H2,(H,18,19)/t7?,10-,12-,13+,14-,15?/m1/s1. The molecule has 2 rings (SSSR count). The fourth-order valence-corrected chi connectivity index (χ4v) is 2.54. The Kier molecular flexibility index (Phi) is 6.08. The Hall–Kier alpha value is -1.78. The molecule has 0 amide bonds. The molecule has 0 spiro atoms. The molecule has 5 N–H and O–H groups in total. The maximum Gasteiger partial charge on any atom is 0.327 e. The molecule has 1 fully saturated rings. The van der Waals surface area contributed by atoms with Gasteiger partial charge in [-0.2, -0.15) is 0 Å². The van der Waals surface area contributed by atoms with Gasteiger partial charge in [0.1, 0.15) is 24.4 Å². The third kappa shape index (κ3) is 4.19. The summed E-state index contributed by atoms with van der Waals surface area (Å²) in [7, 11) is 0. The summed E-state index contributed by atoms with van der Waals surface area (Å²) in [5.74, 6) is -1.92. The maximum absolute atomic E-state index is 11.9. The molecule has 0 aromatic rings. The smallest absolute Gasteiger partial charge is 0.327 e. The summed E-state index contributed by atoms with van der Waals surface area (Å²) in [6.07, 6.45) is -3.02. The number of Topliss-reactive ketones (excluding diaryl/α,β-unsaturated/α-hetero) is 1. The van der Waals surface area contributed by atoms with E-state index in [2.05, 4.69) is 0 Å². The minimum atomic E-state index is -1.62. The van der Waals surface area contributed by atoms with Gasteiger partial charge in [0, 0.05) is 12.5 Å². The summed E-state index contributed by atoms with van der Waals surface area (Å²) in [4.78, 5) is 22.5. The monoisotopic (exact) mass is 344 g/mol. The molecular weight excluding hydrogens is 324 g/mol. The summed E-state index contributed by atoms with van der Waals surface area (Å²) in [5, 5.41) is 47.1. The van der Waals surface area contributed by atoms with Crippen molar-refractivity contribution in [2.24, 2.45) is 5.92 Å². The van der Waals surface area contributed by atoms with Gasteiger partial charge >= 0.3 is 5.97 Å². The molecule has 9 nitrogen and oxygen atoms in total. The number of hydrogen-bond donors (Lipinski definition) is 5. The Morgan fingerprint density at radius 2 is 2.00 bits per heavy atom. The zero-order chi connectivity index (χ0) is 17.9. The normalized spacial score (nSPS) is 37.3. The zero-order valence-electron chi connectivity index (χ0n) is 12.7. The first-order chi connectivity index (χ1) is 11.3. The van der Waals surface area contributed by atoms with E-state index in [4.69, 9.17) is 19.7 Å². The molecule has 24 heavy (non-hydrogen) atoms. The van der Waals surface area contributed by atoms with Crippen molar-refractivity contribution in [2.75, 3.05) is 6.61 Å². The van der Waals surface area contributed by atoms with Crippen molar-refractivity contribution >= 4 is 11.8 Å². The van der Waals surface area contributed by atoms with Crippen LogP contribution in [0.4, 0.5) is 0 Å². The van der Waals surface area contributed by atoms with Gasteiger partial charge in [0.2, 0.25) is 6.29 Å². The van der Waals surface area contributed by atoms with E-state index >= 15 is 0 Å². The second-order valence-electron chi connectivity index (χ2n) is 5.67. The summed E-state index contributed by atoms with van der Waals surface area (Å²) in [5.41, 5.74) is 0. The molecule has 0 aromatic carbocycles. The SMILES string of the molecule is O=C(O)C=CC1C=C(OC2O[C@H](CO)[C@@H](O)[C@H](O)[C@H]2O)C(=O)CC1. The number of carbonyl (C=O) groups is 2. The Morgan fingerprint density at radius 3 is 2.62 bits per heavy atom. The van der Waals surface area contributed by atoms with Crippen molar-refractivity contribution < 1.29 is 44.6 Å². The molecular formula is C15H20O9. The number of rotatable bonds is 5. The largest absolute Gasteiger partial charge is 0.478 e. The first kappa shape index (κ1) is 18.6. The van der Waals surface area contributed by atoms with Crippen molar-refractivity contribution in [2.45, 2.75) is 43.5 Å². The Bertz CT molecular complexity index is 539. The van der Waals surface area contributed by atoms with Crippen LogP contribution in [0.3, 0.4) is 0 Å². The first-order valence-electron chi connectivity index (χ1n) is 7.46. The lowest BCUT2D eigenvalue weighted by atomic mass is 9.93. The topological polar surface area (TPSA) is 154 Å². The molecule has 0 saturated carbocycles. The highest BCUT2D eigenvalue weighted by Crippen LogP contribution is 2.28. The summed E-state index contributed by atoms with van der Waals surface area (Å²) >= 11 is 0. The van der Waals surface area contributed by atoms with Crippen LogP contribution >= 0.6 is 0 Å². The summed E-state index contributed by atoms with van der Waals surface area (Å²) in [6, 6.07) is 0. The number of carboxylic acids is 1. The lowest BCUT2D eigenvalue weighted by Crippen LogP contribution is -2.59. The van der Waals surface area contributed by atoms with Crippen LogP contribution in [0.1, 0.15) is 12.8 Å². The van der Waals surface area contributed by atoms with Gasteiger partial charge in [-0.25, -0.2) is 4.79 Å². The van der Waals surface area contributed by atoms with E-state index in [1.165, 1.54) is 12.2 Å². The van der Waals surface area contributed by atoms with Gasteiger partial charge in [-0.3, -0.25) is 4.79 Å². The number of ketones is 1. The quantitative estimate of drug-likeness (QED) is 0.367. The zero-order valence-corrected chi connectivity index (χ0v) is 12.7. The molecule has 9 heteroatoms. The predicted molar refractivity (Wildman–Crippen MR) is 77.4 cm³/mol. The molecule has 0 radical (unpaired) electrons. The molecule has 2 unspecified atom stereocenters. The van der Waals surface area contributed by atoms with Gasteiger partial charge in [0.25, 0.3) is 0 Å². The minimum Gasteiger partial charge on any atom is -0.478 e. The van der Waals surface area contributed by atoms with Gasteiger partial charge in [-0.15, -0.1) is 0 Å². The van der Waals surface area contributed by atoms with E-state index in [-0.39, 0.29) is 23.9 Å². The Morgan fingerprint density at radius 1 is 1.29 bits per heavy atom. The lowest BCUT2D eigenvalue weighted by molar-refractivity contribution is -0.291. The summed E-state index contributed by atoms with van der Waals surface area (Å²) < 4.78 is 10.5. The highest BCUT2D eigenvalue weighted by Gasteiger charge is 2.45. The molecule has 0 bridgehead atoms. The van der Waals surface area contributed by atoms with Crippen molar-refractivity contribution in [1.82, 2.24) is 0 Å². The minimum absolute atomic E-state index is 0.120. The number of ether oxygens (including phenoxy) is 2. The molecule has 1 aliphatic carbocycles. The number of hydrogen-bond acceptors (Lipinski definition) is 8. The number of carboxylic acid groups (broad SMARTS) is 1. The van der Waals surface area contributed by atoms with Crippen LogP contribution < -0.4 is 0 Å². The van der Waals surface area contributed by atoms with Crippen LogP contribution in [-0.2, 0) is 19.1 Å². The average molecular weight is 344 g/mol. The van der Waals surface area contributed by atoms with Crippen LogP contribution in [0.2, 0.25) is 0 Å². The molecule has 6 atom stereocenters. The lowest BCUT2D eigenvalue weighted by Gasteiger charge is -2.40. The summed E-state index contributed by atoms with van der Waals surface area (Å²) in [6.45, 7) is -0.609. The second kappa shape index (κ2) is 7.86. The van der Waals surface area contributed by atoms with E-state index in [1.54, 1.807) is 0 Å². The highest BCUT2D eigenvalue weighted by atomic mass is 16.7. The fraction of sp³-hybridized carbons (Fsp3) is 0.600. The molecule has 0 aromatic heterocycles. The van der Waals surface area contributed by atoms with E-state index in [0.717, 1.165) is 6.08 Å². The van der Waals surface area contributed by atoms with Crippen LogP contribution in [0.25, 0.3) is 0 Å². The van der Waals surface area contributed by atoms with Crippen LogP contribution in [0.5, 0.6) is 0 Å². The highest BCUT2D eigenvalue weighted by molar-refractivity contribution is 5.94. The molecule has 1 heterocycles. The molecule has 2 aliphatic rings. The Labute approximate surface area is 137 Å². The van der Waals surface area contributed by atoms with Crippen molar-refractivity contribution in [3.8, 4) is 0 Å². The molecule has 1 saturated heterocycles. The van der Waals surface area contributed by atoms with Crippen LogP contribution in [0.15, 0.2) is 24.0 Å². The van der Waals surface area contributed by atoms with Gasteiger partial charge in [0.15, 0.2) is 11.5 Å². The number of aliphatic hydroxyl groups is 4. The first-order valence-corrected chi connectivity index (χ1v) is 7.46. The van der Waals surface area contributed by atoms with Crippen LogP contribution in [-0.4, -0.2) is 74.6 Å². The van der Waals surface area contributed by atoms with Gasteiger partial charge in [-0.05, 0) is 18.4 Å². The van der Waals surface area contributed by atoms with Crippen molar-refractivity contribution in [1.29, 1.82) is 0 Å². The number of allylic oxidation sites excluding steroid dienone is 3. The second-order valence-corrected chi connectivity index (χ2v) is 5.67. The van der Waals surface area contributed by atoms with Crippen molar-refractivity contribution in [3.63, 3.8) is 0 Å². The maximum atomic E-state index is 11.9. The number of carbonyl (C=O) groups excluding carboxylic acids is 1. The van der Waals surface area contributed by atoms with Gasteiger partial charge in [0.05, 0.1) is 6.61 Å². The number of aliphatic carboxylic acids is 1. The fourth-order valence-electron chi connectivity index (χ4n) is 2.54. The van der Waals surface area contributed by atoms with E-state index in [1.807, 2.05) is 0 Å². The van der Waals surface area contributed by atoms with Crippen molar-refractivity contribution in [3.05, 3.63) is 24.0 Å². The average Bonchev–Trinajstić information content (AvgIpc) is 2.55.